The average molecular weight is 440 g/mol. The van der Waals surface area contributed by atoms with Gasteiger partial charge in [0, 0.05) is 16.9 Å². The first-order valence-electron chi connectivity index (χ1n) is 8.94. The molecule has 1 aromatic carbocycles. The molecule has 0 amide bonds. The van der Waals surface area contributed by atoms with Crippen molar-refractivity contribution in [2.75, 3.05) is 18.9 Å². The van der Waals surface area contributed by atoms with Crippen LogP contribution >= 0.6 is 23.2 Å². The lowest BCUT2D eigenvalue weighted by Crippen LogP contribution is -2.31. The molecule has 0 spiro atoms. The van der Waals surface area contributed by atoms with Gasteiger partial charge in [-0.15, -0.1) is 0 Å². The molecule has 2 aromatic heterocycles. The zero-order valence-electron chi connectivity index (χ0n) is 16.3. The van der Waals surface area contributed by atoms with Gasteiger partial charge in [0.2, 0.25) is 5.82 Å². The first-order chi connectivity index (χ1) is 13.9. The number of rotatable bonds is 6. The fourth-order valence-corrected chi connectivity index (χ4v) is 2.92. The fourth-order valence-electron chi connectivity index (χ4n) is 2.32. The third-order valence-corrected chi connectivity index (χ3v) is 4.12. The number of aromatic nitrogens is 3. The first-order valence-corrected chi connectivity index (χ1v) is 9.70. The van der Waals surface area contributed by atoms with Gasteiger partial charge in [0.25, 0.3) is 5.89 Å². The summed E-state index contributed by atoms with van der Waals surface area (Å²) in [5.74, 6) is 0.777. The van der Waals surface area contributed by atoms with E-state index in [0.29, 0.717) is 16.9 Å². The van der Waals surface area contributed by atoms with Crippen molar-refractivity contribution in [3.05, 3.63) is 40.0 Å². The minimum atomic E-state index is -0.536. The topological polar surface area (TPSA) is 133 Å². The highest BCUT2D eigenvalue weighted by molar-refractivity contribution is 6.37. The van der Waals surface area contributed by atoms with Crippen molar-refractivity contribution in [1.82, 2.24) is 15.1 Å². The lowest BCUT2D eigenvalue weighted by atomic mass is 10.2. The number of halogens is 2. The normalized spacial score (nSPS) is 11.6. The summed E-state index contributed by atoms with van der Waals surface area (Å²) >= 11 is 12.5. The summed E-state index contributed by atoms with van der Waals surface area (Å²) in [6, 6.07) is 6.04. The van der Waals surface area contributed by atoms with E-state index in [1.165, 1.54) is 0 Å². The zero-order valence-corrected chi connectivity index (χ0v) is 17.8. The van der Waals surface area contributed by atoms with Crippen molar-refractivity contribution in [3.8, 4) is 28.7 Å². The third-order valence-electron chi connectivity index (χ3n) is 3.55. The minimum Gasteiger partial charge on any atom is -0.489 e. The largest absolute Gasteiger partial charge is 0.489 e. The number of benzene rings is 1. The molecule has 0 radical (unpaired) electrons. The Morgan fingerprint density at radius 2 is 1.79 bits per heavy atom. The van der Waals surface area contributed by atoms with Crippen LogP contribution in [-0.4, -0.2) is 39.5 Å². The summed E-state index contributed by atoms with van der Waals surface area (Å²) in [6.07, 6.45) is 0. The van der Waals surface area contributed by atoms with Crippen LogP contribution in [0.2, 0.25) is 10.0 Å². The lowest BCUT2D eigenvalue weighted by Gasteiger charge is -2.13. The second-order valence-corrected chi connectivity index (χ2v) is 6.69. The molecule has 29 heavy (non-hydrogen) atoms. The van der Waals surface area contributed by atoms with Crippen LogP contribution in [0.15, 0.2) is 28.8 Å². The average Bonchev–Trinajstić information content (AvgIpc) is 3.18. The summed E-state index contributed by atoms with van der Waals surface area (Å²) in [5.41, 5.74) is 13.7. The van der Waals surface area contributed by atoms with Crippen LogP contribution in [0.5, 0.6) is 5.75 Å². The molecular weight excluding hydrogens is 417 g/mol. The van der Waals surface area contributed by atoms with Crippen LogP contribution in [0.4, 0.5) is 5.69 Å². The standard InChI is InChI=1S/C17H17Cl2N5O3.C2H6/c1-8-2-10(20)5-14(22-8)17-23-16(24-27-17)9-3-12(18)15(13(19)4-9)26-7-11(21)6-25;1-2/h2-5,11,25H,6-7,21H2,1H3,(H2,20,22);1-2H3. The number of nitrogens with two attached hydrogens (primary N) is 2. The van der Waals surface area contributed by atoms with Crippen LogP contribution < -0.4 is 16.2 Å². The maximum atomic E-state index is 8.96. The van der Waals surface area contributed by atoms with Crippen LogP contribution in [0.3, 0.4) is 0 Å². The number of aliphatic hydroxyl groups is 1. The molecule has 156 valence electrons. The minimum absolute atomic E-state index is 0.0715. The van der Waals surface area contributed by atoms with Crippen LogP contribution in [0.1, 0.15) is 19.5 Å². The molecule has 0 aliphatic carbocycles. The van der Waals surface area contributed by atoms with Gasteiger partial charge in [-0.2, -0.15) is 4.98 Å². The summed E-state index contributed by atoms with van der Waals surface area (Å²) in [7, 11) is 0. The second-order valence-electron chi connectivity index (χ2n) is 5.87. The summed E-state index contributed by atoms with van der Waals surface area (Å²) in [6.45, 7) is 5.68. The van der Waals surface area contributed by atoms with Gasteiger partial charge in [0.1, 0.15) is 12.3 Å². The number of aryl methyl sites for hydroxylation is 1. The summed E-state index contributed by atoms with van der Waals surface area (Å²) < 4.78 is 10.8. The Morgan fingerprint density at radius 1 is 1.14 bits per heavy atom. The van der Waals surface area contributed by atoms with Gasteiger partial charge in [0.15, 0.2) is 5.75 Å². The van der Waals surface area contributed by atoms with Crippen molar-refractivity contribution in [1.29, 1.82) is 0 Å². The SMILES string of the molecule is CC.Cc1cc(N)cc(-c2nc(-c3cc(Cl)c(OCC(N)CO)c(Cl)c3)no2)n1. The van der Waals surface area contributed by atoms with E-state index < -0.39 is 6.04 Å². The van der Waals surface area contributed by atoms with Crippen LogP contribution in [0, 0.1) is 6.92 Å². The van der Waals surface area contributed by atoms with E-state index in [1.807, 2.05) is 20.8 Å². The highest BCUT2D eigenvalue weighted by atomic mass is 35.5. The first kappa shape index (κ1) is 22.9. The smallest absolute Gasteiger partial charge is 0.276 e. The predicted molar refractivity (Wildman–Crippen MR) is 114 cm³/mol. The number of aliphatic hydroxyl groups excluding tert-OH is 1. The van der Waals surface area contributed by atoms with Gasteiger partial charge in [-0.25, -0.2) is 4.98 Å². The zero-order chi connectivity index (χ0) is 21.6. The predicted octanol–water partition coefficient (Wildman–Crippen LogP) is 3.72. The second kappa shape index (κ2) is 10.4. The van der Waals surface area contributed by atoms with Gasteiger partial charge in [-0.1, -0.05) is 42.2 Å². The highest BCUT2D eigenvalue weighted by Gasteiger charge is 2.17. The number of nitrogens with zero attached hydrogens (tertiary/aromatic N) is 3. The van der Waals surface area contributed by atoms with Crippen molar-refractivity contribution >= 4 is 28.9 Å². The molecule has 0 fully saturated rings. The van der Waals surface area contributed by atoms with Crippen molar-refractivity contribution < 1.29 is 14.4 Å². The fraction of sp³-hybridized carbons (Fsp3) is 0.316. The molecule has 5 N–H and O–H groups in total. The molecule has 0 saturated heterocycles. The number of ether oxygens (including phenoxy) is 1. The van der Waals surface area contributed by atoms with Gasteiger partial charge < -0.3 is 25.8 Å². The number of hydrogen-bond acceptors (Lipinski definition) is 8. The molecule has 0 saturated carbocycles. The highest BCUT2D eigenvalue weighted by Crippen LogP contribution is 2.37. The molecule has 0 bridgehead atoms. The Kier molecular flexibility index (Phi) is 8.21. The van der Waals surface area contributed by atoms with Crippen molar-refractivity contribution in [2.45, 2.75) is 26.8 Å². The van der Waals surface area contributed by atoms with E-state index in [-0.39, 0.29) is 40.7 Å². The van der Waals surface area contributed by atoms with E-state index in [1.54, 1.807) is 24.3 Å². The van der Waals surface area contributed by atoms with Gasteiger partial charge in [-0.3, -0.25) is 0 Å². The quantitative estimate of drug-likeness (QED) is 0.528. The van der Waals surface area contributed by atoms with Crippen LogP contribution in [-0.2, 0) is 0 Å². The Balaban J connectivity index is 0.00000145. The molecular formula is C19H23Cl2N5O3. The van der Waals surface area contributed by atoms with E-state index >= 15 is 0 Å². The van der Waals surface area contributed by atoms with E-state index in [9.17, 15) is 0 Å². The molecule has 8 nitrogen and oxygen atoms in total. The molecule has 3 aromatic rings. The van der Waals surface area contributed by atoms with E-state index in [2.05, 4.69) is 15.1 Å². The molecule has 3 rings (SSSR count). The molecule has 1 unspecified atom stereocenters. The van der Waals surface area contributed by atoms with Gasteiger partial charge >= 0.3 is 0 Å². The summed E-state index contributed by atoms with van der Waals surface area (Å²) in [4.78, 5) is 8.65. The van der Waals surface area contributed by atoms with Gasteiger partial charge in [0.05, 0.1) is 22.7 Å². The summed E-state index contributed by atoms with van der Waals surface area (Å²) in [5, 5.41) is 13.4. The monoisotopic (exact) mass is 439 g/mol. The van der Waals surface area contributed by atoms with Crippen molar-refractivity contribution in [3.63, 3.8) is 0 Å². The van der Waals surface area contributed by atoms with E-state index in [0.717, 1.165) is 5.69 Å². The maximum Gasteiger partial charge on any atom is 0.276 e. The molecule has 0 aliphatic rings. The Morgan fingerprint density at radius 3 is 2.38 bits per heavy atom. The molecule has 1 atom stereocenters. The Labute approximate surface area is 178 Å². The van der Waals surface area contributed by atoms with Crippen LogP contribution in [0.25, 0.3) is 23.0 Å². The Hall–Kier alpha value is -2.39. The van der Waals surface area contributed by atoms with Crippen molar-refractivity contribution in [2.24, 2.45) is 5.73 Å². The Bertz CT molecular complexity index is 922. The van der Waals surface area contributed by atoms with Gasteiger partial charge in [-0.05, 0) is 31.2 Å². The number of hydrogen-bond donors (Lipinski definition) is 3. The number of anilines is 1. The maximum absolute atomic E-state index is 8.96. The third kappa shape index (κ3) is 5.80. The lowest BCUT2D eigenvalue weighted by molar-refractivity contribution is 0.207. The number of nitrogen functional groups attached to an aromatic ring is 1. The molecule has 2 heterocycles. The molecule has 10 heteroatoms. The van der Waals surface area contributed by atoms with E-state index in [4.69, 9.17) is 49.0 Å². The number of pyridine rings is 1. The molecule has 0 aliphatic heterocycles.